The Morgan fingerprint density at radius 1 is 1.12 bits per heavy atom. The molecule has 5 atom stereocenters. The summed E-state index contributed by atoms with van der Waals surface area (Å²) in [5.41, 5.74) is 5.91. The summed E-state index contributed by atoms with van der Waals surface area (Å²) in [6.07, 6.45) is 12.1. The lowest BCUT2D eigenvalue weighted by Crippen LogP contribution is -2.50. The van der Waals surface area contributed by atoms with Crippen molar-refractivity contribution in [1.82, 2.24) is 0 Å². The van der Waals surface area contributed by atoms with Gasteiger partial charge in [-0.2, -0.15) is 0 Å². The normalized spacial score (nSPS) is 36.6. The zero-order valence-corrected chi connectivity index (χ0v) is 19.7. The van der Waals surface area contributed by atoms with Crippen molar-refractivity contribution in [2.24, 2.45) is 17.3 Å². The maximum atomic E-state index is 12.2. The number of carbonyl (C=O) groups is 1. The average molecular weight is 431 g/mol. The summed E-state index contributed by atoms with van der Waals surface area (Å²) in [5, 5.41) is 11.8. The zero-order chi connectivity index (χ0) is 22.7. The molecule has 0 bridgehead atoms. The minimum atomic E-state index is -0.796. The van der Waals surface area contributed by atoms with E-state index in [1.807, 2.05) is 12.2 Å². The van der Waals surface area contributed by atoms with E-state index in [-0.39, 0.29) is 17.1 Å². The lowest BCUT2D eigenvalue weighted by atomic mass is 9.51. The summed E-state index contributed by atoms with van der Waals surface area (Å²) in [5.74, 6) is 1.53. The number of hydrogen-bond donors (Lipinski definition) is 1. The monoisotopic (exact) mass is 430 g/mol. The summed E-state index contributed by atoms with van der Waals surface area (Å²) in [6.45, 7) is 6.24. The number of nitrogens with zero attached hydrogens (tertiary/aromatic N) is 1. The molecule has 0 spiro atoms. The van der Waals surface area contributed by atoms with Crippen molar-refractivity contribution in [3.63, 3.8) is 0 Å². The minimum absolute atomic E-state index is 0.174. The Morgan fingerprint density at radius 3 is 2.56 bits per heavy atom. The van der Waals surface area contributed by atoms with Crippen LogP contribution < -0.4 is 4.90 Å². The summed E-state index contributed by atoms with van der Waals surface area (Å²) < 4.78 is 0. The van der Waals surface area contributed by atoms with Crippen LogP contribution in [0.5, 0.6) is 0 Å². The van der Waals surface area contributed by atoms with Gasteiger partial charge in [0, 0.05) is 37.5 Å². The van der Waals surface area contributed by atoms with Crippen LogP contribution in [0.15, 0.2) is 59.2 Å². The zero-order valence-electron chi connectivity index (χ0n) is 19.7. The van der Waals surface area contributed by atoms with Gasteiger partial charge in [-0.25, -0.2) is 0 Å². The highest BCUT2D eigenvalue weighted by Crippen LogP contribution is 2.67. The van der Waals surface area contributed by atoms with Crippen molar-refractivity contribution in [2.45, 2.75) is 63.4 Å². The Hall–Kier alpha value is -2.13. The van der Waals surface area contributed by atoms with Crippen LogP contribution in [0.3, 0.4) is 0 Å². The largest absolute Gasteiger partial charge is 0.385 e. The molecule has 4 aliphatic rings. The highest BCUT2D eigenvalue weighted by molar-refractivity contribution is 5.93. The van der Waals surface area contributed by atoms with E-state index in [0.29, 0.717) is 18.3 Å². The molecule has 4 aliphatic carbocycles. The number of anilines is 1. The molecule has 3 heteroatoms. The van der Waals surface area contributed by atoms with Crippen LogP contribution >= 0.6 is 0 Å². The van der Waals surface area contributed by atoms with Gasteiger partial charge < -0.3 is 10.0 Å². The van der Waals surface area contributed by atoms with Crippen LogP contribution in [0.1, 0.15) is 63.4 Å². The molecule has 0 amide bonds. The highest BCUT2D eigenvalue weighted by Gasteiger charge is 2.61. The molecule has 32 heavy (non-hydrogen) atoms. The van der Waals surface area contributed by atoms with Crippen LogP contribution in [0.2, 0.25) is 0 Å². The molecule has 2 unspecified atom stereocenters. The van der Waals surface area contributed by atoms with Gasteiger partial charge >= 0.3 is 0 Å². The Kier molecular flexibility index (Phi) is 5.24. The lowest BCUT2D eigenvalue weighted by molar-refractivity contribution is -0.114. The Bertz CT molecular complexity index is 1010. The molecule has 0 heterocycles. The van der Waals surface area contributed by atoms with Crippen molar-refractivity contribution in [2.75, 3.05) is 19.0 Å². The van der Waals surface area contributed by atoms with E-state index in [9.17, 15) is 9.90 Å². The molecule has 1 radical (unpaired) electrons. The number of benzene rings is 1. The van der Waals surface area contributed by atoms with Gasteiger partial charge in [0.25, 0.3) is 0 Å². The maximum Gasteiger partial charge on any atom is 0.156 e. The second-order valence-corrected chi connectivity index (χ2v) is 10.8. The first kappa shape index (κ1) is 21.7. The van der Waals surface area contributed by atoms with Crippen LogP contribution in [0.25, 0.3) is 0 Å². The number of carbonyl (C=O) groups excluding carboxylic acids is 1. The van der Waals surface area contributed by atoms with Crippen molar-refractivity contribution < 1.29 is 9.90 Å². The van der Waals surface area contributed by atoms with E-state index in [1.165, 1.54) is 22.4 Å². The first-order valence-corrected chi connectivity index (χ1v) is 12.2. The van der Waals surface area contributed by atoms with E-state index in [1.54, 1.807) is 11.6 Å². The van der Waals surface area contributed by atoms with Gasteiger partial charge in [-0.3, -0.25) is 4.79 Å². The molecule has 0 saturated heterocycles. The van der Waals surface area contributed by atoms with E-state index in [4.69, 9.17) is 0 Å². The van der Waals surface area contributed by atoms with Crippen LogP contribution in [-0.2, 0) is 4.79 Å². The van der Waals surface area contributed by atoms with Gasteiger partial charge in [0.2, 0.25) is 0 Å². The van der Waals surface area contributed by atoms with E-state index in [2.05, 4.69) is 57.1 Å². The highest BCUT2D eigenvalue weighted by atomic mass is 16.3. The van der Waals surface area contributed by atoms with E-state index < -0.39 is 5.60 Å². The third-order valence-corrected chi connectivity index (χ3v) is 9.16. The molecule has 169 valence electrons. The van der Waals surface area contributed by atoms with Gasteiger partial charge in [-0.05, 0) is 92.2 Å². The Morgan fingerprint density at radius 2 is 1.88 bits per heavy atom. The molecule has 1 N–H and O–H groups in total. The summed E-state index contributed by atoms with van der Waals surface area (Å²) in [6, 6.07) is 8.99. The molecular weight excluding hydrogens is 394 g/mol. The topological polar surface area (TPSA) is 40.5 Å². The first-order chi connectivity index (χ1) is 15.3. The third kappa shape index (κ3) is 3.15. The molecule has 1 aromatic carbocycles. The molecule has 3 nitrogen and oxygen atoms in total. The molecule has 1 aromatic rings. The smallest absolute Gasteiger partial charge is 0.156 e. The third-order valence-electron chi connectivity index (χ3n) is 9.16. The number of hydrogen-bond acceptors (Lipinski definition) is 3. The number of rotatable bonds is 3. The summed E-state index contributed by atoms with van der Waals surface area (Å²) in [4.78, 5) is 14.3. The SMILES string of the molecule is [CH2]/C=C\[C@]1(O)CCC2C3CCC4=CC(=O)CCC4=C3[C@@H](c3ccc(N(C)C)cc3)C[C@@]21C. The standard InChI is InChI=1S/C29H36NO2/c1-5-15-29(32)16-14-26-24-12-8-20-17-22(31)11-13-23(20)27(24)25(18-28(26,29)2)19-6-9-21(10-7-19)30(3)4/h5-7,9-10,15,17,24-26,32H,1,8,11-14,16,18H2,2-4H3/b15-5-/t24?,25-,26?,28+,29+/m1/s1. The van der Waals surface area contributed by atoms with Gasteiger partial charge in [0.1, 0.15) is 0 Å². The second-order valence-electron chi connectivity index (χ2n) is 10.8. The van der Waals surface area contributed by atoms with E-state index >= 15 is 0 Å². The first-order valence-electron chi connectivity index (χ1n) is 12.2. The Balaban J connectivity index is 1.66. The molecule has 2 fully saturated rings. The number of ketones is 1. The van der Waals surface area contributed by atoms with Crippen molar-refractivity contribution in [3.05, 3.63) is 71.7 Å². The maximum absolute atomic E-state index is 12.2. The lowest BCUT2D eigenvalue weighted by Gasteiger charge is -2.54. The Labute approximate surface area is 192 Å². The van der Waals surface area contributed by atoms with Gasteiger partial charge in [-0.15, -0.1) is 0 Å². The average Bonchev–Trinajstić information content (AvgIpc) is 3.03. The van der Waals surface area contributed by atoms with Gasteiger partial charge in [0.05, 0.1) is 5.60 Å². The fourth-order valence-corrected chi connectivity index (χ4v) is 7.47. The number of fused-ring (bicyclic) bond motifs is 4. The molecule has 2 saturated carbocycles. The van der Waals surface area contributed by atoms with Crippen molar-refractivity contribution in [1.29, 1.82) is 0 Å². The fraction of sp³-hybridized carbons (Fsp3) is 0.517. The molecule has 0 aliphatic heterocycles. The van der Waals surface area contributed by atoms with Gasteiger partial charge in [-0.1, -0.05) is 36.8 Å². The predicted octanol–water partition coefficient (Wildman–Crippen LogP) is 5.77. The quantitative estimate of drug-likeness (QED) is 0.661. The minimum Gasteiger partial charge on any atom is -0.385 e. The number of aliphatic hydroxyl groups is 1. The van der Waals surface area contributed by atoms with Gasteiger partial charge in [0.15, 0.2) is 5.78 Å². The van der Waals surface area contributed by atoms with Crippen LogP contribution in [-0.4, -0.2) is 30.6 Å². The van der Waals surface area contributed by atoms with E-state index in [0.717, 1.165) is 38.5 Å². The summed E-state index contributed by atoms with van der Waals surface area (Å²) >= 11 is 0. The number of allylic oxidation sites excluding steroid dienone is 5. The van der Waals surface area contributed by atoms with Crippen molar-refractivity contribution >= 4 is 11.5 Å². The molecule has 5 rings (SSSR count). The molecular formula is C29H36NO2. The second kappa shape index (κ2) is 7.73. The van der Waals surface area contributed by atoms with Crippen LogP contribution in [0.4, 0.5) is 5.69 Å². The fourth-order valence-electron chi connectivity index (χ4n) is 7.47. The molecule has 0 aromatic heterocycles. The van der Waals surface area contributed by atoms with Crippen molar-refractivity contribution in [3.8, 4) is 0 Å². The van der Waals surface area contributed by atoms with Crippen LogP contribution in [0, 0.1) is 24.2 Å². The summed E-state index contributed by atoms with van der Waals surface area (Å²) in [7, 11) is 4.14. The predicted molar refractivity (Wildman–Crippen MR) is 130 cm³/mol.